The number of benzene rings is 1. The molecular weight excluding hydrogens is 256 g/mol. The molecule has 0 amide bonds. The highest BCUT2D eigenvalue weighted by Crippen LogP contribution is 2.39. The molecule has 102 valence electrons. The highest BCUT2D eigenvalue weighted by molar-refractivity contribution is 6.30. The molecular formula is C17H21ClO. The summed E-state index contributed by atoms with van der Waals surface area (Å²) >= 11 is 5.93. The lowest BCUT2D eigenvalue weighted by molar-refractivity contribution is 0.220. The normalized spacial score (nSPS) is 22.8. The van der Waals surface area contributed by atoms with Gasteiger partial charge in [0.2, 0.25) is 0 Å². The molecule has 0 N–H and O–H groups in total. The third-order valence-electron chi connectivity index (χ3n) is 3.83. The minimum Gasteiger partial charge on any atom is -0.467 e. The summed E-state index contributed by atoms with van der Waals surface area (Å²) in [5.41, 5.74) is 1.40. The van der Waals surface area contributed by atoms with Crippen LogP contribution in [0.15, 0.2) is 48.9 Å². The van der Waals surface area contributed by atoms with Crippen LogP contribution in [0.3, 0.4) is 0 Å². The average molecular weight is 277 g/mol. The zero-order valence-electron chi connectivity index (χ0n) is 11.5. The van der Waals surface area contributed by atoms with Crippen LogP contribution in [0, 0.1) is 5.92 Å². The van der Waals surface area contributed by atoms with Gasteiger partial charge < -0.3 is 4.74 Å². The Bertz CT molecular complexity index is 453. The maximum atomic E-state index is 5.93. The van der Waals surface area contributed by atoms with Gasteiger partial charge >= 0.3 is 0 Å². The Morgan fingerprint density at radius 2 is 1.68 bits per heavy atom. The molecule has 2 rings (SSSR count). The fraction of sp³-hybridized carbons (Fsp3) is 0.412. The van der Waals surface area contributed by atoms with E-state index in [1.54, 1.807) is 0 Å². The Kier molecular flexibility index (Phi) is 4.71. The minimum atomic E-state index is 0.472. The fourth-order valence-corrected chi connectivity index (χ4v) is 2.92. The predicted octanol–water partition coefficient (Wildman–Crippen LogP) is 5.68. The van der Waals surface area contributed by atoms with E-state index in [0.29, 0.717) is 11.8 Å². The van der Waals surface area contributed by atoms with Crippen LogP contribution in [-0.4, -0.2) is 0 Å². The fourth-order valence-electron chi connectivity index (χ4n) is 2.79. The topological polar surface area (TPSA) is 9.23 Å². The molecule has 0 bridgehead atoms. The van der Waals surface area contributed by atoms with Gasteiger partial charge in [-0.3, -0.25) is 0 Å². The number of hydrogen-bond donors (Lipinski definition) is 0. The van der Waals surface area contributed by atoms with E-state index >= 15 is 0 Å². The van der Waals surface area contributed by atoms with Crippen molar-refractivity contribution >= 4 is 11.6 Å². The molecule has 0 spiro atoms. The lowest BCUT2D eigenvalue weighted by atomic mass is 9.78. The quantitative estimate of drug-likeness (QED) is 0.643. The molecule has 1 nitrogen and oxygen atoms in total. The van der Waals surface area contributed by atoms with Gasteiger partial charge in [-0.2, -0.15) is 0 Å². The van der Waals surface area contributed by atoms with Crippen LogP contribution >= 0.6 is 11.6 Å². The number of hydrogen-bond acceptors (Lipinski definition) is 1. The van der Waals surface area contributed by atoms with Crippen molar-refractivity contribution in [3.05, 3.63) is 59.5 Å². The number of rotatable bonds is 4. The summed E-state index contributed by atoms with van der Waals surface area (Å²) in [6, 6.07) is 8.25. The van der Waals surface area contributed by atoms with Gasteiger partial charge in [-0.25, -0.2) is 0 Å². The summed E-state index contributed by atoms with van der Waals surface area (Å²) in [7, 11) is 0. The smallest absolute Gasteiger partial charge is 0.0994 e. The van der Waals surface area contributed by atoms with Crippen LogP contribution in [0.25, 0.3) is 0 Å². The minimum absolute atomic E-state index is 0.472. The molecule has 0 aromatic heterocycles. The third kappa shape index (κ3) is 3.87. The highest BCUT2D eigenvalue weighted by atomic mass is 35.5. The Morgan fingerprint density at radius 1 is 1.11 bits per heavy atom. The molecule has 1 saturated carbocycles. The summed E-state index contributed by atoms with van der Waals surface area (Å²) in [5.74, 6) is 2.72. The molecule has 0 heterocycles. The van der Waals surface area contributed by atoms with Crippen molar-refractivity contribution in [3.8, 4) is 0 Å². The van der Waals surface area contributed by atoms with E-state index in [2.05, 4.69) is 25.3 Å². The van der Waals surface area contributed by atoms with Gasteiger partial charge in [0.25, 0.3) is 0 Å². The first-order valence-electron chi connectivity index (χ1n) is 6.84. The van der Waals surface area contributed by atoms with E-state index in [9.17, 15) is 0 Å². The molecule has 1 fully saturated rings. The molecule has 0 radical (unpaired) electrons. The second-order valence-electron chi connectivity index (χ2n) is 5.37. The van der Waals surface area contributed by atoms with Gasteiger partial charge in [0, 0.05) is 10.9 Å². The van der Waals surface area contributed by atoms with E-state index in [1.165, 1.54) is 18.4 Å². The van der Waals surface area contributed by atoms with Crippen LogP contribution in [0.5, 0.6) is 0 Å². The molecule has 1 aromatic carbocycles. The SMILES string of the molecule is C=C(C)OC(=C)C1CCC(c2ccc(Cl)cc2)CC1. The molecule has 0 unspecified atom stereocenters. The number of allylic oxidation sites excluding steroid dienone is 2. The van der Waals surface area contributed by atoms with Gasteiger partial charge in [0.05, 0.1) is 11.5 Å². The Hall–Kier alpha value is -1.21. The molecule has 2 heteroatoms. The summed E-state index contributed by atoms with van der Waals surface area (Å²) in [5, 5.41) is 0.806. The number of ether oxygens (including phenoxy) is 1. The maximum Gasteiger partial charge on any atom is 0.0994 e. The molecule has 1 aromatic rings. The maximum absolute atomic E-state index is 5.93. The summed E-state index contributed by atoms with van der Waals surface area (Å²) in [4.78, 5) is 0. The lowest BCUT2D eigenvalue weighted by Gasteiger charge is -2.29. The van der Waals surface area contributed by atoms with Crippen LogP contribution in [0.2, 0.25) is 5.02 Å². The lowest BCUT2D eigenvalue weighted by Crippen LogP contribution is -2.15. The van der Waals surface area contributed by atoms with E-state index in [-0.39, 0.29) is 0 Å². The van der Waals surface area contributed by atoms with E-state index in [4.69, 9.17) is 16.3 Å². The van der Waals surface area contributed by atoms with Crippen molar-refractivity contribution in [2.75, 3.05) is 0 Å². The first kappa shape index (κ1) is 14.2. The van der Waals surface area contributed by atoms with E-state index in [1.807, 2.05) is 19.1 Å². The van der Waals surface area contributed by atoms with Gasteiger partial charge in [-0.1, -0.05) is 36.9 Å². The van der Waals surface area contributed by atoms with Gasteiger partial charge in [0.1, 0.15) is 0 Å². The molecule has 1 aliphatic rings. The third-order valence-corrected chi connectivity index (χ3v) is 4.08. The first-order valence-corrected chi connectivity index (χ1v) is 7.21. The molecule has 19 heavy (non-hydrogen) atoms. The first-order chi connectivity index (χ1) is 9.06. The number of halogens is 1. The standard InChI is InChI=1S/C17H21ClO/c1-12(2)19-13(3)14-4-6-15(7-5-14)16-8-10-17(18)11-9-16/h8-11,14-15H,1,3-7H2,2H3. The highest BCUT2D eigenvalue weighted by Gasteiger charge is 2.25. The zero-order chi connectivity index (χ0) is 13.8. The van der Waals surface area contributed by atoms with Gasteiger partial charge in [-0.15, -0.1) is 0 Å². The van der Waals surface area contributed by atoms with Crippen LogP contribution in [-0.2, 0) is 4.74 Å². The zero-order valence-corrected chi connectivity index (χ0v) is 12.2. The Morgan fingerprint density at radius 3 is 2.21 bits per heavy atom. The van der Waals surface area contributed by atoms with Crippen LogP contribution in [0.4, 0.5) is 0 Å². The summed E-state index contributed by atoms with van der Waals surface area (Å²) in [6.45, 7) is 9.66. The van der Waals surface area contributed by atoms with Crippen molar-refractivity contribution in [3.63, 3.8) is 0 Å². The van der Waals surface area contributed by atoms with Crippen molar-refractivity contribution < 1.29 is 4.74 Å². The molecule has 0 aliphatic heterocycles. The average Bonchev–Trinajstić information content (AvgIpc) is 2.39. The molecule has 0 saturated heterocycles. The second kappa shape index (κ2) is 6.29. The van der Waals surface area contributed by atoms with Crippen molar-refractivity contribution in [2.24, 2.45) is 5.92 Å². The van der Waals surface area contributed by atoms with Gasteiger partial charge in [-0.05, 0) is 56.2 Å². The summed E-state index contributed by atoms with van der Waals surface area (Å²) < 4.78 is 5.54. The van der Waals surface area contributed by atoms with Gasteiger partial charge in [0.15, 0.2) is 0 Å². The van der Waals surface area contributed by atoms with Crippen LogP contribution in [0.1, 0.15) is 44.1 Å². The van der Waals surface area contributed by atoms with Crippen molar-refractivity contribution in [2.45, 2.75) is 38.5 Å². The van der Waals surface area contributed by atoms with Crippen LogP contribution < -0.4 is 0 Å². The molecule has 0 atom stereocenters. The Balaban J connectivity index is 1.90. The van der Waals surface area contributed by atoms with Crippen molar-refractivity contribution in [1.82, 2.24) is 0 Å². The summed E-state index contributed by atoms with van der Waals surface area (Å²) in [6.07, 6.45) is 4.65. The van der Waals surface area contributed by atoms with Crippen molar-refractivity contribution in [1.29, 1.82) is 0 Å². The second-order valence-corrected chi connectivity index (χ2v) is 5.81. The largest absolute Gasteiger partial charge is 0.467 e. The predicted molar refractivity (Wildman–Crippen MR) is 81.2 cm³/mol. The Labute approximate surface area is 120 Å². The van der Waals surface area contributed by atoms with E-state index < -0.39 is 0 Å². The monoisotopic (exact) mass is 276 g/mol. The van der Waals surface area contributed by atoms with E-state index in [0.717, 1.165) is 29.4 Å². The molecule has 1 aliphatic carbocycles.